The van der Waals surface area contributed by atoms with Gasteiger partial charge in [-0.2, -0.15) is 4.98 Å². The number of aryl methyl sites for hydroxylation is 1. The minimum Gasteiger partial charge on any atom is -0.338 e. The highest BCUT2D eigenvalue weighted by Crippen LogP contribution is 2.16. The van der Waals surface area contributed by atoms with Gasteiger partial charge in [0.2, 0.25) is 11.7 Å². The molecule has 2 aromatic rings. The van der Waals surface area contributed by atoms with Gasteiger partial charge in [0.05, 0.1) is 0 Å². The molecular formula is C14H18N4O2. The fourth-order valence-corrected chi connectivity index (χ4v) is 1.70. The smallest absolute Gasteiger partial charge is 0.317 e. The van der Waals surface area contributed by atoms with E-state index in [0.717, 1.165) is 5.56 Å². The highest BCUT2D eigenvalue weighted by molar-refractivity contribution is 5.73. The molecule has 0 saturated carbocycles. The van der Waals surface area contributed by atoms with Gasteiger partial charge in [-0.1, -0.05) is 35.0 Å². The topological polar surface area (TPSA) is 71.3 Å². The van der Waals surface area contributed by atoms with Crippen molar-refractivity contribution < 1.29 is 9.32 Å². The van der Waals surface area contributed by atoms with Crippen molar-refractivity contribution in [2.75, 3.05) is 13.6 Å². The Morgan fingerprint density at radius 1 is 1.35 bits per heavy atom. The molecule has 1 heterocycles. The number of amides is 2. The molecule has 1 aromatic carbocycles. The molecule has 20 heavy (non-hydrogen) atoms. The predicted molar refractivity (Wildman–Crippen MR) is 75.0 cm³/mol. The van der Waals surface area contributed by atoms with Gasteiger partial charge in [0.1, 0.15) is 6.54 Å². The molecule has 6 heteroatoms. The summed E-state index contributed by atoms with van der Waals surface area (Å²) in [5, 5.41) is 6.64. The highest BCUT2D eigenvalue weighted by atomic mass is 16.5. The number of carbonyl (C=O) groups excluding carboxylic acids is 1. The number of urea groups is 1. The average molecular weight is 274 g/mol. The van der Waals surface area contributed by atoms with Crippen LogP contribution in [0.15, 0.2) is 28.8 Å². The summed E-state index contributed by atoms with van der Waals surface area (Å²) in [5.74, 6) is 0.943. The predicted octanol–water partition coefficient (Wildman–Crippen LogP) is 2.21. The lowest BCUT2D eigenvalue weighted by molar-refractivity contribution is 0.200. The number of aromatic nitrogens is 2. The number of carbonyl (C=O) groups is 1. The van der Waals surface area contributed by atoms with Crippen LogP contribution in [0.4, 0.5) is 4.79 Å². The number of hydrogen-bond donors (Lipinski definition) is 1. The maximum atomic E-state index is 11.6. The van der Waals surface area contributed by atoms with Crippen molar-refractivity contribution in [3.8, 4) is 11.4 Å². The number of nitrogens with one attached hydrogen (secondary N) is 1. The fraction of sp³-hybridized carbons (Fsp3) is 0.357. The first-order chi connectivity index (χ1) is 9.60. The standard InChI is InChI=1S/C14H18N4O2/c1-4-15-14(19)18(3)9-12-16-13(17-20-12)11-7-5-10(2)6-8-11/h5-8H,4,9H2,1-3H3,(H,15,19). The molecule has 0 radical (unpaired) electrons. The Balaban J connectivity index is 2.05. The second-order valence-electron chi connectivity index (χ2n) is 4.57. The molecule has 0 spiro atoms. The fourth-order valence-electron chi connectivity index (χ4n) is 1.70. The number of hydrogen-bond acceptors (Lipinski definition) is 4. The molecule has 0 fully saturated rings. The summed E-state index contributed by atoms with van der Waals surface area (Å²) in [5.41, 5.74) is 2.07. The van der Waals surface area contributed by atoms with Crippen LogP contribution >= 0.6 is 0 Å². The zero-order valence-electron chi connectivity index (χ0n) is 11.9. The second-order valence-corrected chi connectivity index (χ2v) is 4.57. The van der Waals surface area contributed by atoms with Crippen molar-refractivity contribution in [1.29, 1.82) is 0 Å². The molecule has 0 aliphatic heterocycles. The van der Waals surface area contributed by atoms with Crippen molar-refractivity contribution in [1.82, 2.24) is 20.4 Å². The van der Waals surface area contributed by atoms with E-state index in [2.05, 4.69) is 15.5 Å². The lowest BCUT2D eigenvalue weighted by Gasteiger charge is -2.14. The van der Waals surface area contributed by atoms with Crippen LogP contribution in [-0.4, -0.2) is 34.7 Å². The van der Waals surface area contributed by atoms with E-state index in [9.17, 15) is 4.79 Å². The van der Waals surface area contributed by atoms with E-state index >= 15 is 0 Å². The molecule has 0 bridgehead atoms. The van der Waals surface area contributed by atoms with Crippen LogP contribution in [0, 0.1) is 6.92 Å². The van der Waals surface area contributed by atoms with Crippen molar-refractivity contribution in [2.24, 2.45) is 0 Å². The van der Waals surface area contributed by atoms with Crippen molar-refractivity contribution in [3.63, 3.8) is 0 Å². The highest BCUT2D eigenvalue weighted by Gasteiger charge is 2.13. The molecular weight excluding hydrogens is 256 g/mol. The van der Waals surface area contributed by atoms with Crippen molar-refractivity contribution in [2.45, 2.75) is 20.4 Å². The van der Waals surface area contributed by atoms with Gasteiger partial charge < -0.3 is 14.7 Å². The summed E-state index contributed by atoms with van der Waals surface area (Å²) >= 11 is 0. The van der Waals surface area contributed by atoms with Crippen LogP contribution in [0.25, 0.3) is 11.4 Å². The molecule has 1 N–H and O–H groups in total. The Labute approximate surface area is 117 Å². The quantitative estimate of drug-likeness (QED) is 0.927. The second kappa shape index (κ2) is 6.18. The minimum atomic E-state index is -0.164. The molecule has 0 aliphatic carbocycles. The van der Waals surface area contributed by atoms with Crippen LogP contribution in [0.3, 0.4) is 0 Å². The number of rotatable bonds is 4. The molecule has 0 atom stereocenters. The first-order valence-corrected chi connectivity index (χ1v) is 6.48. The number of nitrogens with zero attached hydrogens (tertiary/aromatic N) is 3. The summed E-state index contributed by atoms with van der Waals surface area (Å²) in [6, 6.07) is 7.70. The Hall–Kier alpha value is -2.37. The maximum absolute atomic E-state index is 11.6. The van der Waals surface area contributed by atoms with Gasteiger partial charge in [0.15, 0.2) is 0 Å². The van der Waals surface area contributed by atoms with Crippen LogP contribution in [0.2, 0.25) is 0 Å². The molecule has 6 nitrogen and oxygen atoms in total. The van der Waals surface area contributed by atoms with Crippen LogP contribution in [0.1, 0.15) is 18.4 Å². The minimum absolute atomic E-state index is 0.164. The third kappa shape index (κ3) is 3.34. The Morgan fingerprint density at radius 3 is 2.70 bits per heavy atom. The van der Waals surface area contributed by atoms with Gasteiger partial charge in [0, 0.05) is 19.2 Å². The van der Waals surface area contributed by atoms with Crippen LogP contribution < -0.4 is 5.32 Å². The normalized spacial score (nSPS) is 10.3. The Bertz CT molecular complexity index is 577. The van der Waals surface area contributed by atoms with Crippen molar-refractivity contribution >= 4 is 6.03 Å². The van der Waals surface area contributed by atoms with Gasteiger partial charge in [0.25, 0.3) is 0 Å². The average Bonchev–Trinajstić information content (AvgIpc) is 2.88. The van der Waals surface area contributed by atoms with E-state index in [0.29, 0.717) is 18.3 Å². The third-order valence-electron chi connectivity index (χ3n) is 2.82. The number of benzene rings is 1. The lowest BCUT2D eigenvalue weighted by atomic mass is 10.1. The van der Waals surface area contributed by atoms with Crippen LogP contribution in [0.5, 0.6) is 0 Å². The molecule has 2 rings (SSSR count). The Morgan fingerprint density at radius 2 is 2.05 bits per heavy atom. The Kier molecular flexibility index (Phi) is 4.34. The van der Waals surface area contributed by atoms with Gasteiger partial charge in [-0.3, -0.25) is 0 Å². The summed E-state index contributed by atoms with van der Waals surface area (Å²) in [6.45, 7) is 4.76. The van der Waals surface area contributed by atoms with Gasteiger partial charge in [-0.25, -0.2) is 4.79 Å². The molecule has 0 unspecified atom stereocenters. The zero-order valence-corrected chi connectivity index (χ0v) is 11.9. The molecule has 0 aliphatic rings. The van der Waals surface area contributed by atoms with Gasteiger partial charge in [-0.05, 0) is 13.8 Å². The van der Waals surface area contributed by atoms with E-state index in [1.165, 1.54) is 10.5 Å². The van der Waals surface area contributed by atoms with Gasteiger partial charge >= 0.3 is 6.03 Å². The lowest BCUT2D eigenvalue weighted by Crippen LogP contribution is -2.36. The molecule has 106 valence electrons. The summed E-state index contributed by atoms with van der Waals surface area (Å²) in [4.78, 5) is 17.4. The molecule has 2 amide bonds. The van der Waals surface area contributed by atoms with Gasteiger partial charge in [-0.15, -0.1) is 0 Å². The third-order valence-corrected chi connectivity index (χ3v) is 2.82. The van der Waals surface area contributed by atoms with E-state index in [1.54, 1.807) is 7.05 Å². The van der Waals surface area contributed by atoms with Crippen LogP contribution in [-0.2, 0) is 6.54 Å². The zero-order chi connectivity index (χ0) is 14.5. The molecule has 1 aromatic heterocycles. The first kappa shape index (κ1) is 14.0. The SMILES string of the molecule is CCNC(=O)N(C)Cc1nc(-c2ccc(C)cc2)no1. The van der Waals surface area contributed by atoms with E-state index in [1.807, 2.05) is 38.1 Å². The summed E-state index contributed by atoms with van der Waals surface area (Å²) in [7, 11) is 1.68. The maximum Gasteiger partial charge on any atom is 0.317 e. The van der Waals surface area contributed by atoms with E-state index in [-0.39, 0.29) is 12.6 Å². The summed E-state index contributed by atoms with van der Waals surface area (Å²) < 4.78 is 5.17. The molecule has 0 saturated heterocycles. The summed E-state index contributed by atoms with van der Waals surface area (Å²) in [6.07, 6.45) is 0. The largest absolute Gasteiger partial charge is 0.338 e. The van der Waals surface area contributed by atoms with E-state index < -0.39 is 0 Å². The van der Waals surface area contributed by atoms with E-state index in [4.69, 9.17) is 4.52 Å². The van der Waals surface area contributed by atoms with Crippen molar-refractivity contribution in [3.05, 3.63) is 35.7 Å². The first-order valence-electron chi connectivity index (χ1n) is 6.48. The monoisotopic (exact) mass is 274 g/mol.